The second-order valence-electron chi connectivity index (χ2n) is 4.91. The predicted molar refractivity (Wildman–Crippen MR) is 93.4 cm³/mol. The highest BCUT2D eigenvalue weighted by Crippen LogP contribution is 2.22. The summed E-state index contributed by atoms with van der Waals surface area (Å²) in [6.07, 6.45) is 1.73. The van der Waals surface area contributed by atoms with Crippen molar-refractivity contribution in [2.75, 3.05) is 5.32 Å². The lowest BCUT2D eigenvalue weighted by Gasteiger charge is -2.11. The highest BCUT2D eigenvalue weighted by atomic mass is 32.1. The van der Waals surface area contributed by atoms with Crippen LogP contribution in [0.2, 0.25) is 0 Å². The summed E-state index contributed by atoms with van der Waals surface area (Å²) < 4.78 is 5.03. The predicted octanol–water partition coefficient (Wildman–Crippen LogP) is 3.08. The average molecular weight is 351 g/mol. The van der Waals surface area contributed by atoms with E-state index in [1.54, 1.807) is 35.7 Å². The number of ether oxygens (including phenoxy) is 1. The Hall–Kier alpha value is -3.42. The van der Waals surface area contributed by atoms with Gasteiger partial charge in [-0.2, -0.15) is 10.5 Å². The first kappa shape index (κ1) is 17.9. The number of carbonyl (C=O) groups is 2. The SMILES string of the molecule is C[C@@H](OC(=O)/C=C/c1ccc(C#N)cc1)C(=O)Nc1sccc1C#N. The molecule has 1 heterocycles. The molecule has 0 aliphatic rings. The molecule has 2 rings (SSSR count). The number of nitriles is 2. The van der Waals surface area contributed by atoms with Crippen molar-refractivity contribution in [3.8, 4) is 12.1 Å². The van der Waals surface area contributed by atoms with Crippen LogP contribution < -0.4 is 5.32 Å². The Balaban J connectivity index is 1.90. The number of hydrogen-bond donors (Lipinski definition) is 1. The fourth-order valence-electron chi connectivity index (χ4n) is 1.81. The summed E-state index contributed by atoms with van der Waals surface area (Å²) in [4.78, 5) is 23.8. The van der Waals surface area contributed by atoms with Crippen LogP contribution in [0.1, 0.15) is 23.6 Å². The molecule has 1 atom stereocenters. The van der Waals surface area contributed by atoms with E-state index in [4.69, 9.17) is 15.3 Å². The molecule has 2 aromatic rings. The van der Waals surface area contributed by atoms with Gasteiger partial charge in [-0.05, 0) is 42.1 Å². The maximum Gasteiger partial charge on any atom is 0.331 e. The summed E-state index contributed by atoms with van der Waals surface area (Å²) in [5.74, 6) is -1.18. The fraction of sp³-hybridized carbons (Fsp3) is 0.111. The van der Waals surface area contributed by atoms with Gasteiger partial charge < -0.3 is 10.1 Å². The van der Waals surface area contributed by atoms with Gasteiger partial charge in [-0.1, -0.05) is 12.1 Å². The third kappa shape index (κ3) is 5.03. The zero-order valence-corrected chi connectivity index (χ0v) is 14.0. The second kappa shape index (κ2) is 8.44. The maximum atomic E-state index is 12.0. The van der Waals surface area contributed by atoms with Gasteiger partial charge in [0.15, 0.2) is 6.10 Å². The van der Waals surface area contributed by atoms with E-state index in [9.17, 15) is 9.59 Å². The van der Waals surface area contributed by atoms with E-state index in [-0.39, 0.29) is 0 Å². The standard InChI is InChI=1S/C18H13N3O3S/c1-12(17(23)21-18-15(11-20)8-9-25-18)24-16(22)7-6-13-2-4-14(10-19)5-3-13/h2-9,12H,1H3,(H,21,23)/b7-6+/t12-/m1/s1. The van der Waals surface area contributed by atoms with E-state index < -0.39 is 18.0 Å². The third-order valence-corrected chi connectivity index (χ3v) is 3.97. The smallest absolute Gasteiger partial charge is 0.331 e. The molecule has 124 valence electrons. The molecule has 0 unspecified atom stereocenters. The quantitative estimate of drug-likeness (QED) is 0.658. The Labute approximate surface area is 148 Å². The molecule has 1 aromatic heterocycles. The summed E-state index contributed by atoms with van der Waals surface area (Å²) in [5, 5.41) is 22.3. The van der Waals surface area contributed by atoms with Crippen LogP contribution in [0.15, 0.2) is 41.8 Å². The zero-order valence-electron chi connectivity index (χ0n) is 13.2. The van der Waals surface area contributed by atoms with Crippen molar-refractivity contribution in [1.29, 1.82) is 10.5 Å². The molecule has 0 bridgehead atoms. The van der Waals surface area contributed by atoms with E-state index in [1.807, 2.05) is 12.1 Å². The average Bonchev–Trinajstić information content (AvgIpc) is 3.07. The van der Waals surface area contributed by atoms with Crippen molar-refractivity contribution < 1.29 is 14.3 Å². The van der Waals surface area contributed by atoms with E-state index in [0.717, 1.165) is 5.56 Å². The monoisotopic (exact) mass is 351 g/mol. The Morgan fingerprint density at radius 2 is 1.92 bits per heavy atom. The van der Waals surface area contributed by atoms with Gasteiger partial charge in [-0.3, -0.25) is 4.79 Å². The Bertz CT molecular complexity index is 886. The maximum absolute atomic E-state index is 12.0. The normalized spacial score (nSPS) is 11.3. The number of benzene rings is 1. The Morgan fingerprint density at radius 1 is 1.20 bits per heavy atom. The summed E-state index contributed by atoms with van der Waals surface area (Å²) in [5.41, 5.74) is 1.61. The number of esters is 1. The lowest BCUT2D eigenvalue weighted by atomic mass is 10.1. The van der Waals surface area contributed by atoms with Crippen molar-refractivity contribution in [3.63, 3.8) is 0 Å². The molecule has 0 radical (unpaired) electrons. The molecule has 0 saturated heterocycles. The summed E-state index contributed by atoms with van der Waals surface area (Å²) in [6.45, 7) is 1.45. The number of amides is 1. The van der Waals surface area contributed by atoms with E-state index in [1.165, 1.54) is 30.4 Å². The molecule has 0 fully saturated rings. The van der Waals surface area contributed by atoms with Gasteiger partial charge in [-0.15, -0.1) is 11.3 Å². The molecule has 0 aliphatic heterocycles. The van der Waals surface area contributed by atoms with Crippen molar-refractivity contribution in [2.45, 2.75) is 13.0 Å². The van der Waals surface area contributed by atoms with E-state index >= 15 is 0 Å². The molecule has 6 nitrogen and oxygen atoms in total. The highest BCUT2D eigenvalue weighted by Gasteiger charge is 2.18. The molecule has 1 aromatic carbocycles. The summed E-state index contributed by atoms with van der Waals surface area (Å²) in [6, 6.07) is 12.2. The summed E-state index contributed by atoms with van der Waals surface area (Å²) in [7, 11) is 0. The lowest BCUT2D eigenvalue weighted by molar-refractivity contribution is -0.148. The highest BCUT2D eigenvalue weighted by molar-refractivity contribution is 7.14. The third-order valence-electron chi connectivity index (χ3n) is 3.14. The van der Waals surface area contributed by atoms with Crippen LogP contribution in [-0.4, -0.2) is 18.0 Å². The van der Waals surface area contributed by atoms with Gasteiger partial charge in [0.25, 0.3) is 5.91 Å². The number of nitrogens with one attached hydrogen (secondary N) is 1. The van der Waals surface area contributed by atoms with Crippen LogP contribution in [0, 0.1) is 22.7 Å². The minimum Gasteiger partial charge on any atom is -0.449 e. The first-order chi connectivity index (χ1) is 12.0. The van der Waals surface area contributed by atoms with Gasteiger partial charge in [0.1, 0.15) is 11.1 Å². The molecule has 1 N–H and O–H groups in total. The first-order valence-corrected chi connectivity index (χ1v) is 8.08. The van der Waals surface area contributed by atoms with Crippen molar-refractivity contribution in [2.24, 2.45) is 0 Å². The molecular formula is C18H13N3O3S. The van der Waals surface area contributed by atoms with Crippen LogP contribution in [0.5, 0.6) is 0 Å². The number of hydrogen-bond acceptors (Lipinski definition) is 6. The van der Waals surface area contributed by atoms with Crippen LogP contribution in [0.3, 0.4) is 0 Å². The van der Waals surface area contributed by atoms with Gasteiger partial charge in [0.2, 0.25) is 0 Å². The van der Waals surface area contributed by atoms with Gasteiger partial charge in [0.05, 0.1) is 17.2 Å². The minimum atomic E-state index is -1.01. The molecular weight excluding hydrogens is 338 g/mol. The molecule has 0 aliphatic carbocycles. The number of nitrogens with zero attached hydrogens (tertiary/aromatic N) is 2. The molecule has 0 spiro atoms. The molecule has 25 heavy (non-hydrogen) atoms. The largest absolute Gasteiger partial charge is 0.449 e. The van der Waals surface area contributed by atoms with E-state index in [2.05, 4.69) is 5.32 Å². The van der Waals surface area contributed by atoms with Crippen LogP contribution in [0.4, 0.5) is 5.00 Å². The van der Waals surface area contributed by atoms with Crippen LogP contribution in [-0.2, 0) is 14.3 Å². The van der Waals surface area contributed by atoms with Gasteiger partial charge in [-0.25, -0.2) is 4.79 Å². The zero-order chi connectivity index (χ0) is 18.2. The Morgan fingerprint density at radius 3 is 2.56 bits per heavy atom. The first-order valence-electron chi connectivity index (χ1n) is 7.21. The Kier molecular flexibility index (Phi) is 6.05. The number of rotatable bonds is 5. The second-order valence-corrected chi connectivity index (χ2v) is 5.83. The lowest BCUT2D eigenvalue weighted by Crippen LogP contribution is -2.29. The molecule has 7 heteroatoms. The van der Waals surface area contributed by atoms with Gasteiger partial charge >= 0.3 is 5.97 Å². The number of carbonyl (C=O) groups excluding carboxylic acids is 2. The summed E-state index contributed by atoms with van der Waals surface area (Å²) >= 11 is 1.22. The van der Waals surface area contributed by atoms with Gasteiger partial charge in [0, 0.05) is 6.08 Å². The van der Waals surface area contributed by atoms with Crippen LogP contribution in [0.25, 0.3) is 6.08 Å². The van der Waals surface area contributed by atoms with Crippen molar-refractivity contribution in [1.82, 2.24) is 0 Å². The number of thiophene rings is 1. The topological polar surface area (TPSA) is 103 Å². The van der Waals surface area contributed by atoms with Crippen LogP contribution >= 0.6 is 11.3 Å². The molecule has 0 saturated carbocycles. The van der Waals surface area contributed by atoms with E-state index in [0.29, 0.717) is 16.1 Å². The number of anilines is 1. The van der Waals surface area contributed by atoms with Crippen molar-refractivity contribution in [3.05, 3.63) is 58.5 Å². The molecule has 1 amide bonds. The minimum absolute atomic E-state index is 0.359. The fourth-order valence-corrected chi connectivity index (χ4v) is 2.55. The van der Waals surface area contributed by atoms with Crippen molar-refractivity contribution >= 4 is 34.3 Å².